The second-order valence-electron chi connectivity index (χ2n) is 10.2. The fraction of sp³-hybridized carbons (Fsp3) is 0.750. The van der Waals surface area contributed by atoms with Crippen LogP contribution in [0.3, 0.4) is 0 Å². The van der Waals surface area contributed by atoms with E-state index in [1.807, 2.05) is 41.5 Å². The van der Waals surface area contributed by atoms with Gasteiger partial charge in [-0.15, -0.1) is 0 Å². The molecule has 1 aromatic heterocycles. The van der Waals surface area contributed by atoms with Crippen LogP contribution < -0.4 is 11.2 Å². The molecule has 2 saturated heterocycles. The Kier molecular flexibility index (Phi) is 4.67. The Hall–Kier alpha value is -1.93. The van der Waals surface area contributed by atoms with Gasteiger partial charge < -0.3 is 14.4 Å². The molecule has 4 atom stereocenters. The van der Waals surface area contributed by atoms with Crippen LogP contribution in [0.5, 0.6) is 0 Å². The minimum absolute atomic E-state index is 0.132. The Bertz CT molecular complexity index is 904. The molecule has 0 spiro atoms. The summed E-state index contributed by atoms with van der Waals surface area (Å²) in [5.41, 5.74) is -2.47. The van der Waals surface area contributed by atoms with Gasteiger partial charge in [0, 0.05) is 18.8 Å². The molecule has 2 fully saturated rings. The van der Waals surface area contributed by atoms with E-state index in [4.69, 9.17) is 9.47 Å². The molecule has 0 aliphatic carbocycles. The van der Waals surface area contributed by atoms with Crippen molar-refractivity contribution < 1.29 is 14.3 Å². The number of morpholine rings is 1. The van der Waals surface area contributed by atoms with Crippen molar-refractivity contribution in [1.29, 1.82) is 0 Å². The van der Waals surface area contributed by atoms with Crippen molar-refractivity contribution in [3.63, 3.8) is 0 Å². The molecule has 2 bridgehead atoms. The molecular weight excluding hydrogens is 362 g/mol. The zero-order valence-electron chi connectivity index (χ0n) is 18.0. The number of rotatable bonds is 3. The summed E-state index contributed by atoms with van der Waals surface area (Å²) in [6, 6.07) is -0.475. The molecule has 0 radical (unpaired) electrons. The van der Waals surface area contributed by atoms with Crippen LogP contribution in [0.1, 0.15) is 59.8 Å². The van der Waals surface area contributed by atoms with Crippen LogP contribution in [0.15, 0.2) is 15.8 Å². The Morgan fingerprint density at radius 1 is 1.18 bits per heavy atom. The molecule has 1 N–H and O–H groups in total. The largest absolute Gasteiger partial charge is 0.367 e. The summed E-state index contributed by atoms with van der Waals surface area (Å²) >= 11 is 0. The lowest BCUT2D eigenvalue weighted by Crippen LogP contribution is -2.52. The van der Waals surface area contributed by atoms with Gasteiger partial charge in [0.1, 0.15) is 12.1 Å². The maximum absolute atomic E-state index is 13.2. The van der Waals surface area contributed by atoms with Crippen molar-refractivity contribution in [3.05, 3.63) is 32.6 Å². The topological polar surface area (TPSA) is 93.6 Å². The molecule has 1 unspecified atom stereocenters. The number of carbonyl (C=O) groups excluding carboxylic acids is 1. The molecule has 0 aromatic carbocycles. The van der Waals surface area contributed by atoms with Gasteiger partial charge >= 0.3 is 5.69 Å². The van der Waals surface area contributed by atoms with E-state index in [1.54, 1.807) is 18.9 Å². The van der Waals surface area contributed by atoms with Gasteiger partial charge in [0.15, 0.2) is 11.8 Å². The quantitative estimate of drug-likeness (QED) is 0.841. The first-order valence-electron chi connectivity index (χ1n) is 9.61. The zero-order valence-corrected chi connectivity index (χ0v) is 18.0. The number of hydrogen-bond acceptors (Lipinski definition) is 5. The number of likely N-dealkylation sites (N-methyl/N-ethyl adjacent to an activating group) is 1. The van der Waals surface area contributed by atoms with Gasteiger partial charge in [0.05, 0.1) is 5.60 Å². The third kappa shape index (κ3) is 3.33. The van der Waals surface area contributed by atoms with Crippen molar-refractivity contribution >= 4 is 5.91 Å². The van der Waals surface area contributed by atoms with Crippen molar-refractivity contribution in [2.24, 2.45) is 5.41 Å². The second kappa shape index (κ2) is 6.29. The van der Waals surface area contributed by atoms with Crippen molar-refractivity contribution in [3.8, 4) is 0 Å². The Morgan fingerprint density at radius 2 is 1.79 bits per heavy atom. The fourth-order valence-electron chi connectivity index (χ4n) is 4.33. The van der Waals surface area contributed by atoms with Crippen molar-refractivity contribution in [2.45, 2.75) is 84.5 Å². The summed E-state index contributed by atoms with van der Waals surface area (Å²) in [4.78, 5) is 41.5. The molecule has 2 aliphatic heterocycles. The normalized spacial score (nSPS) is 30.4. The Morgan fingerprint density at radius 3 is 2.32 bits per heavy atom. The number of aryl methyl sites for hydroxylation is 1. The number of likely N-dealkylation sites (tertiary alicyclic amines) is 1. The summed E-state index contributed by atoms with van der Waals surface area (Å²) in [5.74, 6) is -0.132. The Labute approximate surface area is 164 Å². The summed E-state index contributed by atoms with van der Waals surface area (Å²) in [6.45, 7) is 13.6. The number of amides is 1. The number of hydrogen-bond donors (Lipinski definition) is 1. The van der Waals surface area contributed by atoms with Crippen LogP contribution in [0.25, 0.3) is 0 Å². The van der Waals surface area contributed by atoms with E-state index in [9.17, 15) is 14.4 Å². The van der Waals surface area contributed by atoms with Gasteiger partial charge in [0.2, 0.25) is 0 Å². The van der Waals surface area contributed by atoms with E-state index in [2.05, 4.69) is 4.98 Å². The molecule has 156 valence electrons. The van der Waals surface area contributed by atoms with Crippen LogP contribution in [-0.4, -0.2) is 50.8 Å². The van der Waals surface area contributed by atoms with Crippen molar-refractivity contribution in [1.82, 2.24) is 14.5 Å². The average molecular weight is 393 g/mol. The molecule has 8 heteroatoms. The van der Waals surface area contributed by atoms with E-state index < -0.39 is 40.8 Å². The van der Waals surface area contributed by atoms with Crippen LogP contribution in [0.4, 0.5) is 0 Å². The lowest BCUT2D eigenvalue weighted by Gasteiger charge is -2.38. The van der Waals surface area contributed by atoms with E-state index in [1.165, 1.54) is 10.8 Å². The number of nitrogens with one attached hydrogen (secondary N) is 1. The van der Waals surface area contributed by atoms with E-state index in [0.29, 0.717) is 12.0 Å². The van der Waals surface area contributed by atoms with E-state index in [-0.39, 0.29) is 11.3 Å². The third-order valence-corrected chi connectivity index (χ3v) is 5.22. The predicted molar refractivity (Wildman–Crippen MR) is 104 cm³/mol. The smallest absolute Gasteiger partial charge is 0.330 e. The SMILES string of the molecule is Cc1cn([C@@H]2O[C@@]3(CC(C)(C)C)C(=O)N(C)[C@H]2C3OC(C)(C)C)c(=O)[nH]c1=O. The number of carbonyl (C=O) groups is 1. The molecule has 2 aliphatic rings. The van der Waals surface area contributed by atoms with E-state index in [0.717, 1.165) is 0 Å². The lowest BCUT2D eigenvalue weighted by molar-refractivity contribution is -0.186. The minimum Gasteiger partial charge on any atom is -0.367 e. The molecule has 3 heterocycles. The zero-order chi connectivity index (χ0) is 21.2. The van der Waals surface area contributed by atoms with Gasteiger partial charge in [0.25, 0.3) is 11.5 Å². The molecule has 8 nitrogen and oxygen atoms in total. The van der Waals surface area contributed by atoms with Crippen LogP contribution >= 0.6 is 0 Å². The molecule has 1 amide bonds. The highest BCUT2D eigenvalue weighted by Crippen LogP contribution is 2.53. The van der Waals surface area contributed by atoms with Crippen molar-refractivity contribution in [2.75, 3.05) is 7.05 Å². The first-order chi connectivity index (χ1) is 12.7. The summed E-state index contributed by atoms with van der Waals surface area (Å²) in [6.07, 6.45) is 0.673. The fourth-order valence-corrected chi connectivity index (χ4v) is 4.33. The molecule has 1 aromatic rings. The number of aromatic amines is 1. The summed E-state index contributed by atoms with van der Waals surface area (Å²) in [5, 5.41) is 0. The summed E-state index contributed by atoms with van der Waals surface area (Å²) < 4.78 is 14.1. The maximum atomic E-state index is 13.2. The molecule has 3 rings (SSSR count). The minimum atomic E-state index is -1.18. The average Bonchev–Trinajstić information content (AvgIpc) is 2.88. The summed E-state index contributed by atoms with van der Waals surface area (Å²) in [7, 11) is 1.72. The number of ether oxygens (including phenoxy) is 2. The first kappa shape index (κ1) is 20.8. The highest BCUT2D eigenvalue weighted by atomic mass is 16.6. The number of aromatic nitrogens is 2. The van der Waals surface area contributed by atoms with Gasteiger partial charge in [-0.1, -0.05) is 20.8 Å². The monoisotopic (exact) mass is 393 g/mol. The standard InChI is InChI=1S/C20H31N3O5/c1-11-9-23(17(26)21-14(11)24)15-12-13(27-19(5,6)7)20(28-15,10-18(2,3)4)16(25)22(12)8/h9,12-13,15H,10H2,1-8H3,(H,21,24,26)/t12-,13?,15+,20+/m0/s1. The number of H-pyrrole nitrogens is 1. The first-order valence-corrected chi connectivity index (χ1v) is 9.61. The van der Waals surface area contributed by atoms with Gasteiger partial charge in [-0.3, -0.25) is 19.1 Å². The molecular formula is C20H31N3O5. The van der Waals surface area contributed by atoms with Crippen LogP contribution in [0.2, 0.25) is 0 Å². The Balaban J connectivity index is 2.15. The molecule has 0 saturated carbocycles. The van der Waals surface area contributed by atoms with Gasteiger partial charge in [-0.25, -0.2) is 4.79 Å². The van der Waals surface area contributed by atoms with E-state index >= 15 is 0 Å². The second-order valence-corrected chi connectivity index (χ2v) is 10.2. The number of fused-ring (bicyclic) bond motifs is 2. The highest BCUT2D eigenvalue weighted by Gasteiger charge is 2.70. The maximum Gasteiger partial charge on any atom is 0.330 e. The number of nitrogens with zero attached hydrogens (tertiary/aromatic N) is 2. The lowest BCUT2D eigenvalue weighted by atomic mass is 9.79. The molecule has 28 heavy (non-hydrogen) atoms. The van der Waals surface area contributed by atoms with Crippen LogP contribution in [-0.2, 0) is 14.3 Å². The third-order valence-electron chi connectivity index (χ3n) is 5.22. The van der Waals surface area contributed by atoms with Gasteiger partial charge in [-0.05, 0) is 39.5 Å². The van der Waals surface area contributed by atoms with Crippen LogP contribution in [0, 0.1) is 12.3 Å². The highest BCUT2D eigenvalue weighted by molar-refractivity contribution is 5.90. The van der Waals surface area contributed by atoms with Gasteiger partial charge in [-0.2, -0.15) is 0 Å². The predicted octanol–water partition coefficient (Wildman–Crippen LogP) is 1.57.